The van der Waals surface area contributed by atoms with E-state index >= 15 is 0 Å². The fourth-order valence-corrected chi connectivity index (χ4v) is 4.14. The van der Waals surface area contributed by atoms with E-state index in [4.69, 9.17) is 4.42 Å². The summed E-state index contributed by atoms with van der Waals surface area (Å²) in [5.41, 5.74) is 2.48. The highest BCUT2D eigenvalue weighted by Crippen LogP contribution is 2.42. The van der Waals surface area contributed by atoms with Gasteiger partial charge in [0.15, 0.2) is 11.7 Å². The van der Waals surface area contributed by atoms with E-state index in [0.29, 0.717) is 17.4 Å². The number of hydrogen-bond donors (Lipinski definition) is 1. The molecule has 0 saturated heterocycles. The van der Waals surface area contributed by atoms with E-state index in [9.17, 15) is 4.79 Å². The number of rotatable bonds is 2. The third-order valence-electron chi connectivity index (χ3n) is 5.32. The maximum absolute atomic E-state index is 12.9. The first-order chi connectivity index (χ1) is 11.8. The maximum Gasteiger partial charge on any atom is 0.197 e. The lowest BCUT2D eigenvalue weighted by Gasteiger charge is -2.22. The molecule has 2 aliphatic carbocycles. The molecule has 1 saturated carbocycles. The molecule has 0 radical (unpaired) electrons. The fraction of sp³-hybridized carbons (Fsp3) is 0.286. The Morgan fingerprint density at radius 3 is 2.46 bits per heavy atom. The number of carbonyl (C=O) groups is 1. The smallest absolute Gasteiger partial charge is 0.197 e. The van der Waals surface area contributed by atoms with Crippen molar-refractivity contribution in [1.29, 1.82) is 0 Å². The molecule has 3 heteroatoms. The summed E-state index contributed by atoms with van der Waals surface area (Å²) in [6.07, 6.45) is 6.20. The molecule has 1 aromatic heterocycles. The first-order valence-electron chi connectivity index (χ1n) is 8.78. The number of nitrogens with one attached hydrogen (secondary N) is 1. The number of ketones is 1. The first-order valence-corrected chi connectivity index (χ1v) is 8.78. The van der Waals surface area contributed by atoms with Gasteiger partial charge in [0.2, 0.25) is 0 Å². The zero-order valence-corrected chi connectivity index (χ0v) is 13.5. The Bertz CT molecular complexity index is 942. The van der Waals surface area contributed by atoms with Crippen molar-refractivity contribution < 1.29 is 9.21 Å². The lowest BCUT2D eigenvalue weighted by Crippen LogP contribution is -2.21. The van der Waals surface area contributed by atoms with Crippen molar-refractivity contribution in [2.45, 2.75) is 38.1 Å². The molecule has 1 N–H and O–H groups in total. The highest BCUT2D eigenvalue weighted by molar-refractivity contribution is 6.25. The van der Waals surface area contributed by atoms with Crippen LogP contribution in [0, 0.1) is 0 Å². The predicted molar refractivity (Wildman–Crippen MR) is 95.6 cm³/mol. The van der Waals surface area contributed by atoms with E-state index in [1.54, 1.807) is 0 Å². The molecular weight excluding hydrogens is 298 g/mol. The summed E-state index contributed by atoms with van der Waals surface area (Å²) in [4.78, 5) is 12.9. The monoisotopic (exact) mass is 317 g/mol. The van der Waals surface area contributed by atoms with Crippen LogP contribution in [0.5, 0.6) is 0 Å². The van der Waals surface area contributed by atoms with Gasteiger partial charge >= 0.3 is 0 Å². The molecule has 5 rings (SSSR count). The number of carbonyl (C=O) groups excluding carboxylic acids is 1. The second-order valence-corrected chi connectivity index (χ2v) is 6.87. The molecule has 0 bridgehead atoms. The first kappa shape index (κ1) is 13.8. The minimum absolute atomic E-state index is 0.0646. The van der Waals surface area contributed by atoms with Crippen LogP contribution in [-0.2, 0) is 0 Å². The Labute approximate surface area is 140 Å². The summed E-state index contributed by atoms with van der Waals surface area (Å²) in [5, 5.41) is 5.59. The van der Waals surface area contributed by atoms with Crippen molar-refractivity contribution >= 4 is 22.4 Å². The molecule has 0 spiro atoms. The number of fused-ring (bicyclic) bond motifs is 2. The van der Waals surface area contributed by atoms with Gasteiger partial charge in [-0.2, -0.15) is 0 Å². The molecule has 0 unspecified atom stereocenters. The Morgan fingerprint density at radius 1 is 0.917 bits per heavy atom. The number of anilines is 1. The molecule has 3 nitrogen and oxygen atoms in total. The summed E-state index contributed by atoms with van der Waals surface area (Å²) >= 11 is 0. The van der Waals surface area contributed by atoms with Crippen molar-refractivity contribution in [3.8, 4) is 11.3 Å². The van der Waals surface area contributed by atoms with Crippen molar-refractivity contribution in [2.24, 2.45) is 0 Å². The highest BCUT2D eigenvalue weighted by atomic mass is 16.4. The molecule has 0 atom stereocenters. The second-order valence-electron chi connectivity index (χ2n) is 6.87. The van der Waals surface area contributed by atoms with Crippen molar-refractivity contribution in [1.82, 2.24) is 0 Å². The topological polar surface area (TPSA) is 42.2 Å². The van der Waals surface area contributed by atoms with Gasteiger partial charge in [-0.1, -0.05) is 55.7 Å². The van der Waals surface area contributed by atoms with Crippen molar-refractivity contribution in [3.63, 3.8) is 0 Å². The number of benzene rings is 2. The molecule has 1 fully saturated rings. The van der Waals surface area contributed by atoms with Crippen LogP contribution in [0.25, 0.3) is 22.1 Å². The van der Waals surface area contributed by atoms with Crippen molar-refractivity contribution in [3.05, 3.63) is 53.6 Å². The van der Waals surface area contributed by atoms with E-state index in [-0.39, 0.29) is 5.78 Å². The lowest BCUT2D eigenvalue weighted by molar-refractivity contribution is 0.103. The SMILES string of the molecule is O=C1c2cc(NC3CCCCC3)oc2-c2cccc3cccc1c23. The summed E-state index contributed by atoms with van der Waals surface area (Å²) in [7, 11) is 0. The minimum Gasteiger partial charge on any atom is -0.440 e. The van der Waals surface area contributed by atoms with Crippen LogP contribution in [0.2, 0.25) is 0 Å². The quantitative estimate of drug-likeness (QED) is 0.539. The number of hydrogen-bond acceptors (Lipinski definition) is 3. The lowest BCUT2D eigenvalue weighted by atomic mass is 9.87. The zero-order valence-electron chi connectivity index (χ0n) is 13.5. The van der Waals surface area contributed by atoms with Crippen LogP contribution in [0.1, 0.15) is 48.0 Å². The average molecular weight is 317 g/mol. The van der Waals surface area contributed by atoms with E-state index in [1.807, 2.05) is 42.5 Å². The molecule has 2 aliphatic rings. The van der Waals surface area contributed by atoms with E-state index < -0.39 is 0 Å². The van der Waals surface area contributed by atoms with Gasteiger partial charge in [-0.15, -0.1) is 0 Å². The number of furan rings is 1. The predicted octanol–water partition coefficient (Wildman–Crippen LogP) is 5.39. The van der Waals surface area contributed by atoms with Crippen LogP contribution in [0.4, 0.5) is 5.88 Å². The van der Waals surface area contributed by atoms with E-state index in [2.05, 4.69) is 5.32 Å². The molecule has 2 aromatic carbocycles. The standard InChI is InChI=1S/C21H19NO2/c23-20-15-10-4-6-13-7-5-11-16(19(13)15)21-17(20)12-18(24-21)22-14-8-2-1-3-9-14/h4-7,10-12,14,22H,1-3,8-9H2. The largest absolute Gasteiger partial charge is 0.440 e. The summed E-state index contributed by atoms with van der Waals surface area (Å²) in [6.45, 7) is 0. The maximum atomic E-state index is 12.9. The Morgan fingerprint density at radius 2 is 1.67 bits per heavy atom. The minimum atomic E-state index is 0.0646. The van der Waals surface area contributed by atoms with Gasteiger partial charge in [0.25, 0.3) is 0 Å². The molecular formula is C21H19NO2. The van der Waals surface area contributed by atoms with Gasteiger partial charge in [0, 0.05) is 28.6 Å². The van der Waals surface area contributed by atoms with E-state index in [0.717, 1.165) is 27.8 Å². The molecule has 120 valence electrons. The highest BCUT2D eigenvalue weighted by Gasteiger charge is 2.29. The van der Waals surface area contributed by atoms with Crippen LogP contribution in [0.3, 0.4) is 0 Å². The third kappa shape index (κ3) is 2.01. The van der Waals surface area contributed by atoms with Gasteiger partial charge in [-0.3, -0.25) is 4.79 Å². The molecule has 24 heavy (non-hydrogen) atoms. The fourth-order valence-electron chi connectivity index (χ4n) is 4.14. The molecule has 0 amide bonds. The van der Waals surface area contributed by atoms with Gasteiger partial charge in [0.05, 0.1) is 5.56 Å². The molecule has 3 aromatic rings. The Kier molecular flexibility index (Phi) is 3.02. The average Bonchev–Trinajstić information content (AvgIpc) is 3.04. The van der Waals surface area contributed by atoms with Crippen LogP contribution in [-0.4, -0.2) is 11.8 Å². The van der Waals surface area contributed by atoms with Crippen molar-refractivity contribution in [2.75, 3.05) is 5.32 Å². The second kappa shape index (κ2) is 5.23. The summed E-state index contributed by atoms with van der Waals surface area (Å²) < 4.78 is 6.09. The van der Waals surface area contributed by atoms with Gasteiger partial charge in [-0.05, 0) is 18.2 Å². The van der Waals surface area contributed by atoms with Crippen LogP contribution >= 0.6 is 0 Å². The summed E-state index contributed by atoms with van der Waals surface area (Å²) in [5.74, 6) is 1.50. The van der Waals surface area contributed by atoms with Crippen LogP contribution < -0.4 is 5.32 Å². The van der Waals surface area contributed by atoms with Gasteiger partial charge in [0.1, 0.15) is 5.76 Å². The normalized spacial score (nSPS) is 17.1. The zero-order chi connectivity index (χ0) is 16.1. The van der Waals surface area contributed by atoms with Gasteiger partial charge < -0.3 is 9.73 Å². The molecule has 1 heterocycles. The Hall–Kier alpha value is -2.55. The molecule has 0 aliphatic heterocycles. The van der Waals surface area contributed by atoms with Crippen LogP contribution in [0.15, 0.2) is 46.9 Å². The Balaban J connectivity index is 1.62. The van der Waals surface area contributed by atoms with Gasteiger partial charge in [-0.25, -0.2) is 0 Å². The summed E-state index contributed by atoms with van der Waals surface area (Å²) in [6, 6.07) is 14.4. The van der Waals surface area contributed by atoms with E-state index in [1.165, 1.54) is 32.1 Å². The third-order valence-corrected chi connectivity index (χ3v) is 5.32.